The molecule has 1 aliphatic heterocycles. The first-order valence-electron chi connectivity index (χ1n) is 6.88. The van der Waals surface area contributed by atoms with E-state index in [4.69, 9.17) is 0 Å². The molecule has 0 bridgehead atoms. The number of hydrogen-bond donors (Lipinski definition) is 1. The van der Waals surface area contributed by atoms with Crippen LogP contribution >= 0.6 is 11.3 Å². The standard InChI is InChI=1S/C12H19N5OS/c1-2-13-12-15-14-10(19-12)11(18)17-7-5-16(6-8-17)9-3-4-9/h9H,2-8H2,1H3,(H,13,15). The molecule has 0 unspecified atom stereocenters. The fraction of sp³-hybridized carbons (Fsp3) is 0.750. The Balaban J connectivity index is 1.57. The maximum Gasteiger partial charge on any atom is 0.284 e. The third-order valence-electron chi connectivity index (χ3n) is 3.60. The average Bonchev–Trinajstić information content (AvgIpc) is 3.19. The molecule has 0 aromatic carbocycles. The van der Waals surface area contributed by atoms with Gasteiger partial charge in [-0.15, -0.1) is 10.2 Å². The fourth-order valence-corrected chi connectivity index (χ4v) is 3.18. The first kappa shape index (κ1) is 12.8. The van der Waals surface area contributed by atoms with Crippen LogP contribution in [0.15, 0.2) is 0 Å². The number of amides is 1. The fourth-order valence-electron chi connectivity index (χ4n) is 2.40. The van der Waals surface area contributed by atoms with Gasteiger partial charge in [0, 0.05) is 38.8 Å². The summed E-state index contributed by atoms with van der Waals surface area (Å²) in [5.41, 5.74) is 0. The van der Waals surface area contributed by atoms with Crippen molar-refractivity contribution < 1.29 is 4.79 Å². The number of rotatable bonds is 4. The minimum Gasteiger partial charge on any atom is -0.360 e. The molecule has 1 amide bonds. The molecular formula is C12H19N5OS. The Kier molecular flexibility index (Phi) is 3.65. The number of carbonyl (C=O) groups is 1. The highest BCUT2D eigenvalue weighted by Gasteiger charge is 2.33. The molecular weight excluding hydrogens is 262 g/mol. The summed E-state index contributed by atoms with van der Waals surface area (Å²) in [5, 5.41) is 12.3. The van der Waals surface area contributed by atoms with Crippen LogP contribution in [0.25, 0.3) is 0 Å². The van der Waals surface area contributed by atoms with Gasteiger partial charge in [-0.1, -0.05) is 11.3 Å². The monoisotopic (exact) mass is 281 g/mol. The van der Waals surface area contributed by atoms with Crippen molar-refractivity contribution in [3.05, 3.63) is 5.01 Å². The Morgan fingerprint density at radius 1 is 1.32 bits per heavy atom. The van der Waals surface area contributed by atoms with E-state index in [1.807, 2.05) is 11.8 Å². The molecule has 1 aromatic heterocycles. The van der Waals surface area contributed by atoms with E-state index in [9.17, 15) is 4.79 Å². The summed E-state index contributed by atoms with van der Waals surface area (Å²) in [6.07, 6.45) is 2.66. The van der Waals surface area contributed by atoms with Gasteiger partial charge in [-0.3, -0.25) is 9.69 Å². The van der Waals surface area contributed by atoms with Crippen LogP contribution in [0.5, 0.6) is 0 Å². The van der Waals surface area contributed by atoms with Gasteiger partial charge in [-0.2, -0.15) is 0 Å². The van der Waals surface area contributed by atoms with E-state index < -0.39 is 0 Å². The van der Waals surface area contributed by atoms with Crippen molar-refractivity contribution in [2.45, 2.75) is 25.8 Å². The predicted octanol–water partition coefficient (Wildman–Crippen LogP) is 0.890. The number of nitrogens with one attached hydrogen (secondary N) is 1. The molecule has 0 atom stereocenters. The van der Waals surface area contributed by atoms with Crippen LogP contribution in [0, 0.1) is 0 Å². The van der Waals surface area contributed by atoms with Crippen molar-refractivity contribution in [2.24, 2.45) is 0 Å². The summed E-state index contributed by atoms with van der Waals surface area (Å²) < 4.78 is 0. The Morgan fingerprint density at radius 3 is 2.68 bits per heavy atom. The Morgan fingerprint density at radius 2 is 2.05 bits per heavy atom. The van der Waals surface area contributed by atoms with Crippen LogP contribution in [-0.4, -0.2) is 64.7 Å². The second-order valence-electron chi connectivity index (χ2n) is 5.00. The van der Waals surface area contributed by atoms with E-state index in [1.165, 1.54) is 24.2 Å². The van der Waals surface area contributed by atoms with Crippen molar-refractivity contribution in [1.29, 1.82) is 0 Å². The summed E-state index contributed by atoms with van der Waals surface area (Å²) in [5.74, 6) is 0.0251. The zero-order chi connectivity index (χ0) is 13.2. The SMILES string of the molecule is CCNc1nnc(C(=O)N2CCN(C3CC3)CC2)s1. The lowest BCUT2D eigenvalue weighted by Crippen LogP contribution is -2.49. The third kappa shape index (κ3) is 2.87. The molecule has 6 nitrogen and oxygen atoms in total. The molecule has 1 N–H and O–H groups in total. The maximum atomic E-state index is 12.3. The number of piperazine rings is 1. The molecule has 3 rings (SSSR count). The number of carbonyl (C=O) groups excluding carboxylic acids is 1. The molecule has 1 aromatic rings. The average molecular weight is 281 g/mol. The summed E-state index contributed by atoms with van der Waals surface area (Å²) in [7, 11) is 0. The van der Waals surface area contributed by atoms with E-state index in [0.717, 1.165) is 43.9 Å². The lowest BCUT2D eigenvalue weighted by Gasteiger charge is -2.34. The normalized spacial score (nSPS) is 20.6. The van der Waals surface area contributed by atoms with Crippen molar-refractivity contribution >= 4 is 22.4 Å². The summed E-state index contributed by atoms with van der Waals surface area (Å²) >= 11 is 1.34. The van der Waals surface area contributed by atoms with E-state index in [0.29, 0.717) is 5.01 Å². The van der Waals surface area contributed by atoms with Crippen LogP contribution in [0.2, 0.25) is 0 Å². The first-order valence-corrected chi connectivity index (χ1v) is 7.70. The lowest BCUT2D eigenvalue weighted by atomic mass is 10.3. The molecule has 1 saturated carbocycles. The zero-order valence-corrected chi connectivity index (χ0v) is 11.9. The highest BCUT2D eigenvalue weighted by atomic mass is 32.1. The third-order valence-corrected chi connectivity index (χ3v) is 4.47. The van der Waals surface area contributed by atoms with Gasteiger partial charge in [0.1, 0.15) is 0 Å². The van der Waals surface area contributed by atoms with Gasteiger partial charge in [-0.05, 0) is 19.8 Å². The Labute approximate surface area is 116 Å². The second-order valence-corrected chi connectivity index (χ2v) is 5.98. The maximum absolute atomic E-state index is 12.3. The van der Waals surface area contributed by atoms with Crippen molar-refractivity contribution in [1.82, 2.24) is 20.0 Å². The highest BCUT2D eigenvalue weighted by Crippen LogP contribution is 2.27. The van der Waals surface area contributed by atoms with Gasteiger partial charge < -0.3 is 10.2 Å². The molecule has 1 saturated heterocycles. The number of aromatic nitrogens is 2. The van der Waals surface area contributed by atoms with E-state index >= 15 is 0 Å². The Hall–Kier alpha value is -1.21. The van der Waals surface area contributed by atoms with Gasteiger partial charge in [0.25, 0.3) is 5.91 Å². The minimum atomic E-state index is 0.0251. The first-order chi connectivity index (χ1) is 9.28. The largest absolute Gasteiger partial charge is 0.360 e. The van der Waals surface area contributed by atoms with Crippen LogP contribution in [0.4, 0.5) is 5.13 Å². The smallest absolute Gasteiger partial charge is 0.284 e. The van der Waals surface area contributed by atoms with Gasteiger partial charge in [0.15, 0.2) is 0 Å². The highest BCUT2D eigenvalue weighted by molar-refractivity contribution is 7.17. The van der Waals surface area contributed by atoms with E-state index in [-0.39, 0.29) is 5.91 Å². The molecule has 2 fully saturated rings. The zero-order valence-electron chi connectivity index (χ0n) is 11.1. The number of anilines is 1. The minimum absolute atomic E-state index is 0.0251. The molecule has 0 spiro atoms. The van der Waals surface area contributed by atoms with Gasteiger partial charge in [-0.25, -0.2) is 0 Å². The summed E-state index contributed by atoms with van der Waals surface area (Å²) in [6.45, 7) is 6.41. The molecule has 1 aliphatic carbocycles. The quantitative estimate of drug-likeness (QED) is 0.888. The lowest BCUT2D eigenvalue weighted by molar-refractivity contribution is 0.0626. The van der Waals surface area contributed by atoms with Crippen molar-refractivity contribution in [2.75, 3.05) is 38.0 Å². The second kappa shape index (κ2) is 5.42. The van der Waals surface area contributed by atoms with Crippen LogP contribution < -0.4 is 5.32 Å². The van der Waals surface area contributed by atoms with Crippen molar-refractivity contribution in [3.8, 4) is 0 Å². The van der Waals surface area contributed by atoms with Crippen molar-refractivity contribution in [3.63, 3.8) is 0 Å². The predicted molar refractivity (Wildman–Crippen MR) is 74.6 cm³/mol. The molecule has 2 heterocycles. The van der Waals surface area contributed by atoms with E-state index in [1.54, 1.807) is 0 Å². The topological polar surface area (TPSA) is 61.4 Å². The molecule has 19 heavy (non-hydrogen) atoms. The molecule has 7 heteroatoms. The number of hydrogen-bond acceptors (Lipinski definition) is 6. The van der Waals surface area contributed by atoms with Crippen LogP contribution in [0.1, 0.15) is 29.6 Å². The summed E-state index contributed by atoms with van der Waals surface area (Å²) in [4.78, 5) is 16.7. The Bertz CT molecular complexity index is 451. The van der Waals surface area contributed by atoms with E-state index in [2.05, 4.69) is 20.4 Å². The molecule has 0 radical (unpaired) electrons. The van der Waals surface area contributed by atoms with Gasteiger partial charge in [0.2, 0.25) is 10.1 Å². The van der Waals surface area contributed by atoms with Crippen LogP contribution in [0.3, 0.4) is 0 Å². The number of nitrogens with zero attached hydrogens (tertiary/aromatic N) is 4. The van der Waals surface area contributed by atoms with Crippen LogP contribution in [-0.2, 0) is 0 Å². The van der Waals surface area contributed by atoms with Gasteiger partial charge in [0.05, 0.1) is 0 Å². The summed E-state index contributed by atoms with van der Waals surface area (Å²) in [6, 6.07) is 0.791. The molecule has 2 aliphatic rings. The van der Waals surface area contributed by atoms with Gasteiger partial charge >= 0.3 is 0 Å². The molecule has 104 valence electrons.